The fourth-order valence-electron chi connectivity index (χ4n) is 2.20. The summed E-state index contributed by atoms with van der Waals surface area (Å²) < 4.78 is 0.603. The Kier molecular flexibility index (Phi) is 5.85. The first-order valence-corrected chi connectivity index (χ1v) is 6.85. The van der Waals surface area contributed by atoms with Gasteiger partial charge in [0, 0.05) is 0 Å². The zero-order valence-corrected chi connectivity index (χ0v) is 13.8. The Hall–Kier alpha value is -0.357. The van der Waals surface area contributed by atoms with Crippen LogP contribution in [-0.2, 0) is 24.7 Å². The van der Waals surface area contributed by atoms with E-state index in [9.17, 15) is 0 Å². The molecule has 0 amide bonds. The summed E-state index contributed by atoms with van der Waals surface area (Å²) >= 11 is 1.57. The van der Waals surface area contributed by atoms with Gasteiger partial charge in [-0.3, -0.25) is 0 Å². The standard InChI is InChI=1S/C15H11.2ClH.Zr/c1-2-6-12(7-3-1)15-10-13-8-4-5-9-14(13)11-15;;;/h1-11H;2*1H;. The van der Waals surface area contributed by atoms with Crippen LogP contribution in [0.2, 0.25) is 0 Å². The van der Waals surface area contributed by atoms with Crippen molar-refractivity contribution < 1.29 is 24.7 Å². The molecule has 91 valence electrons. The minimum atomic E-state index is 0. The van der Waals surface area contributed by atoms with Crippen molar-refractivity contribution in [2.45, 2.75) is 3.63 Å². The normalized spacial score (nSPS) is 15.9. The third-order valence-corrected chi connectivity index (χ3v) is 4.57. The van der Waals surface area contributed by atoms with Gasteiger partial charge in [0.1, 0.15) is 0 Å². The average Bonchev–Trinajstić information content (AvgIpc) is 2.69. The third kappa shape index (κ3) is 2.79. The van der Waals surface area contributed by atoms with Crippen LogP contribution in [-0.4, -0.2) is 0 Å². The number of halogens is 2. The van der Waals surface area contributed by atoms with Crippen LogP contribution in [0.15, 0.2) is 54.6 Å². The van der Waals surface area contributed by atoms with E-state index in [0.717, 1.165) is 0 Å². The molecule has 0 aliphatic heterocycles. The van der Waals surface area contributed by atoms with E-state index >= 15 is 0 Å². The van der Waals surface area contributed by atoms with Gasteiger partial charge in [0.2, 0.25) is 0 Å². The summed E-state index contributed by atoms with van der Waals surface area (Å²) in [4.78, 5) is 0. The number of allylic oxidation sites excluding steroid dienone is 1. The number of hydrogen-bond donors (Lipinski definition) is 0. The van der Waals surface area contributed by atoms with Crippen molar-refractivity contribution in [3.05, 3.63) is 71.3 Å². The number of rotatable bonds is 1. The van der Waals surface area contributed by atoms with Gasteiger partial charge in [-0.15, -0.1) is 24.8 Å². The predicted octanol–water partition coefficient (Wildman–Crippen LogP) is 4.67. The second kappa shape index (κ2) is 6.71. The molecule has 0 bridgehead atoms. The molecule has 0 nitrogen and oxygen atoms in total. The molecular weight excluding hydrogens is 342 g/mol. The van der Waals surface area contributed by atoms with Crippen molar-refractivity contribution in [3.8, 4) is 0 Å². The van der Waals surface area contributed by atoms with Gasteiger partial charge in [-0.25, -0.2) is 0 Å². The second-order valence-corrected chi connectivity index (χ2v) is 5.45. The van der Waals surface area contributed by atoms with Gasteiger partial charge >= 0.3 is 111 Å². The second-order valence-electron chi connectivity index (χ2n) is 4.03. The molecule has 2 aromatic carbocycles. The molecule has 0 unspecified atom stereocenters. The maximum atomic E-state index is 2.34. The summed E-state index contributed by atoms with van der Waals surface area (Å²) in [6.07, 6.45) is 2.34. The van der Waals surface area contributed by atoms with E-state index in [1.54, 1.807) is 24.7 Å². The molecule has 0 aromatic heterocycles. The van der Waals surface area contributed by atoms with Crippen LogP contribution in [0, 0.1) is 0 Å². The maximum absolute atomic E-state index is 2.34. The van der Waals surface area contributed by atoms with Gasteiger partial charge in [0.05, 0.1) is 0 Å². The Labute approximate surface area is 135 Å². The monoisotopic (exact) mass is 353 g/mol. The van der Waals surface area contributed by atoms with E-state index in [1.165, 1.54) is 22.3 Å². The molecule has 1 atom stereocenters. The first-order chi connectivity index (χ1) is 7.86. The van der Waals surface area contributed by atoms with Crippen molar-refractivity contribution in [3.63, 3.8) is 0 Å². The molecule has 0 radical (unpaired) electrons. The fourth-order valence-corrected chi connectivity index (χ4v) is 3.46. The zero-order chi connectivity index (χ0) is 11.0. The van der Waals surface area contributed by atoms with E-state index < -0.39 is 0 Å². The Bertz CT molecular complexity index is 549. The molecule has 0 saturated carbocycles. The number of hydrogen-bond acceptors (Lipinski definition) is 0. The topological polar surface area (TPSA) is 0 Å². The van der Waals surface area contributed by atoms with Crippen LogP contribution >= 0.6 is 24.8 Å². The molecule has 1 aliphatic carbocycles. The fraction of sp³-hybridized carbons (Fsp3) is 0.0667. The first-order valence-electron chi connectivity index (χ1n) is 5.43. The van der Waals surface area contributed by atoms with E-state index in [0.29, 0.717) is 3.63 Å². The van der Waals surface area contributed by atoms with Crippen molar-refractivity contribution in [2.75, 3.05) is 0 Å². The minimum absolute atomic E-state index is 0. The Balaban J connectivity index is 0.000000810. The summed E-state index contributed by atoms with van der Waals surface area (Å²) in [5, 5.41) is 0. The van der Waals surface area contributed by atoms with Crippen LogP contribution < -0.4 is 0 Å². The van der Waals surface area contributed by atoms with E-state index in [-0.39, 0.29) is 24.8 Å². The quantitative estimate of drug-likeness (QED) is 0.697. The molecule has 0 saturated heterocycles. The van der Waals surface area contributed by atoms with Crippen LogP contribution in [0.5, 0.6) is 0 Å². The summed E-state index contributed by atoms with van der Waals surface area (Å²) in [6.45, 7) is 0. The predicted molar refractivity (Wildman–Crippen MR) is 78.0 cm³/mol. The molecule has 2 aromatic rings. The SMILES string of the molecule is Cl.Cl.[Zr][C@@H]1C(c2ccccc2)=Cc2ccccc21. The van der Waals surface area contributed by atoms with Gasteiger partial charge in [-0.2, -0.15) is 0 Å². The molecular formula is C15H13Cl2Zr. The van der Waals surface area contributed by atoms with Crippen molar-refractivity contribution in [1.82, 2.24) is 0 Å². The average molecular weight is 355 g/mol. The number of benzene rings is 2. The molecule has 18 heavy (non-hydrogen) atoms. The molecule has 1 aliphatic rings. The zero-order valence-electron chi connectivity index (χ0n) is 9.67. The molecule has 3 heteroatoms. The molecule has 0 heterocycles. The van der Waals surface area contributed by atoms with Gasteiger partial charge in [0.25, 0.3) is 0 Å². The molecule has 0 spiro atoms. The van der Waals surface area contributed by atoms with Crippen molar-refractivity contribution in [1.29, 1.82) is 0 Å². The molecule has 0 fully saturated rings. The van der Waals surface area contributed by atoms with Crippen LogP contribution in [0.4, 0.5) is 0 Å². The molecule has 0 N–H and O–H groups in total. The summed E-state index contributed by atoms with van der Waals surface area (Å²) in [5.41, 5.74) is 5.71. The first kappa shape index (κ1) is 15.7. The Morgan fingerprint density at radius 1 is 0.778 bits per heavy atom. The van der Waals surface area contributed by atoms with Crippen LogP contribution in [0.1, 0.15) is 20.3 Å². The van der Waals surface area contributed by atoms with Gasteiger partial charge in [-0.1, -0.05) is 0 Å². The summed E-state index contributed by atoms with van der Waals surface area (Å²) in [5.74, 6) is 0. The van der Waals surface area contributed by atoms with E-state index in [1.807, 2.05) is 0 Å². The van der Waals surface area contributed by atoms with E-state index in [2.05, 4.69) is 60.7 Å². The van der Waals surface area contributed by atoms with Crippen LogP contribution in [0.3, 0.4) is 0 Å². The van der Waals surface area contributed by atoms with Gasteiger partial charge in [-0.05, 0) is 0 Å². The van der Waals surface area contributed by atoms with Gasteiger partial charge in [0.15, 0.2) is 0 Å². The van der Waals surface area contributed by atoms with Crippen molar-refractivity contribution in [2.24, 2.45) is 0 Å². The Morgan fingerprint density at radius 2 is 1.39 bits per heavy atom. The third-order valence-electron chi connectivity index (χ3n) is 3.04. The Morgan fingerprint density at radius 3 is 2.06 bits per heavy atom. The summed E-state index contributed by atoms with van der Waals surface area (Å²) in [6, 6.07) is 19.4. The molecule has 3 rings (SSSR count). The number of fused-ring (bicyclic) bond motifs is 1. The van der Waals surface area contributed by atoms with Crippen molar-refractivity contribution >= 4 is 36.5 Å². The van der Waals surface area contributed by atoms with E-state index in [4.69, 9.17) is 0 Å². The summed E-state index contributed by atoms with van der Waals surface area (Å²) in [7, 11) is 0. The van der Waals surface area contributed by atoms with Crippen LogP contribution in [0.25, 0.3) is 11.6 Å². The van der Waals surface area contributed by atoms with Gasteiger partial charge < -0.3 is 0 Å².